The first-order valence-corrected chi connectivity index (χ1v) is 14.5. The molecule has 1 aliphatic carbocycles. The highest BCUT2D eigenvalue weighted by Gasteiger charge is 2.55. The van der Waals surface area contributed by atoms with Gasteiger partial charge in [-0.15, -0.1) is 0 Å². The van der Waals surface area contributed by atoms with Gasteiger partial charge in [0.15, 0.2) is 5.41 Å². The van der Waals surface area contributed by atoms with Crippen LogP contribution in [-0.4, -0.2) is 40.0 Å². The van der Waals surface area contributed by atoms with Crippen LogP contribution >= 0.6 is 0 Å². The van der Waals surface area contributed by atoms with Crippen LogP contribution in [0, 0.1) is 5.41 Å². The fraction of sp³-hybridized carbons (Fsp3) is 0.652. The van der Waals surface area contributed by atoms with Crippen LogP contribution in [-0.2, 0) is 31.0 Å². The number of ether oxygens (including phenoxy) is 2. The summed E-state index contributed by atoms with van der Waals surface area (Å²) in [4.78, 5) is 25.5. The summed E-state index contributed by atoms with van der Waals surface area (Å²) in [7, 11) is -1.67. The second-order valence-corrected chi connectivity index (χ2v) is 13.7. The summed E-state index contributed by atoms with van der Waals surface area (Å²) in [5.41, 5.74) is 1.13. The van der Waals surface area contributed by atoms with Crippen LogP contribution in [0.1, 0.15) is 50.7 Å². The average Bonchev–Trinajstić information content (AvgIpc) is 2.68. The van der Waals surface area contributed by atoms with Gasteiger partial charge in [-0.05, 0) is 88.9 Å². The fourth-order valence-electron chi connectivity index (χ4n) is 4.77. The second kappa shape index (κ2) is 8.71. The standard InChI is InChI=1S/C23H35NO5Si/c1-6-27-20(25)22(21(26)28-7-2)11-13-23(14-12-22)19-9-8-18(29-30(3,4)5)16-17(19)10-15-24-23/h8-9,16,24H,6-7,10-15H2,1-5H3. The maximum absolute atomic E-state index is 12.8. The average molecular weight is 434 g/mol. The first-order chi connectivity index (χ1) is 14.2. The minimum atomic E-state index is -1.67. The zero-order chi connectivity index (χ0) is 22.0. The van der Waals surface area contributed by atoms with Gasteiger partial charge in [-0.2, -0.15) is 0 Å². The molecule has 0 aromatic heterocycles. The molecule has 0 amide bonds. The number of nitrogens with one attached hydrogen (secondary N) is 1. The minimum absolute atomic E-state index is 0.228. The number of fused-ring (bicyclic) bond motifs is 2. The molecule has 0 bridgehead atoms. The number of carbonyl (C=O) groups excluding carboxylic acids is 2. The van der Waals surface area contributed by atoms with E-state index in [9.17, 15) is 9.59 Å². The van der Waals surface area contributed by atoms with Crippen LogP contribution < -0.4 is 9.74 Å². The molecular formula is C23H35NO5Si. The summed E-state index contributed by atoms with van der Waals surface area (Å²) in [5.74, 6) is 0.0367. The zero-order valence-electron chi connectivity index (χ0n) is 18.9. The summed E-state index contributed by atoms with van der Waals surface area (Å²) >= 11 is 0. The van der Waals surface area contributed by atoms with E-state index >= 15 is 0 Å². The van der Waals surface area contributed by atoms with E-state index in [0.717, 1.165) is 18.7 Å². The Bertz CT molecular complexity index is 773. The minimum Gasteiger partial charge on any atom is -0.544 e. The van der Waals surface area contributed by atoms with E-state index in [1.165, 1.54) is 11.1 Å². The number of rotatable bonds is 6. The summed E-state index contributed by atoms with van der Waals surface area (Å²) < 4.78 is 16.8. The van der Waals surface area contributed by atoms with Gasteiger partial charge in [-0.25, -0.2) is 0 Å². The Kier molecular flexibility index (Phi) is 6.62. The maximum Gasteiger partial charge on any atom is 0.323 e. The highest BCUT2D eigenvalue weighted by molar-refractivity contribution is 6.70. The smallest absolute Gasteiger partial charge is 0.323 e. The highest BCUT2D eigenvalue weighted by Crippen LogP contribution is 2.49. The van der Waals surface area contributed by atoms with Gasteiger partial charge in [0.25, 0.3) is 0 Å². The van der Waals surface area contributed by atoms with Crippen LogP contribution in [0.15, 0.2) is 18.2 Å². The molecule has 3 rings (SSSR count). The molecule has 166 valence electrons. The van der Waals surface area contributed by atoms with Gasteiger partial charge < -0.3 is 19.2 Å². The molecule has 7 heteroatoms. The summed E-state index contributed by atoms with van der Waals surface area (Å²) in [5, 5.41) is 3.70. The lowest BCUT2D eigenvalue weighted by Gasteiger charge is -2.47. The van der Waals surface area contributed by atoms with Gasteiger partial charge in [0, 0.05) is 12.1 Å². The summed E-state index contributed by atoms with van der Waals surface area (Å²) in [6, 6.07) is 6.40. The van der Waals surface area contributed by atoms with Crippen LogP contribution in [0.25, 0.3) is 0 Å². The Morgan fingerprint density at radius 2 is 1.60 bits per heavy atom. The van der Waals surface area contributed by atoms with Gasteiger partial charge >= 0.3 is 11.9 Å². The third kappa shape index (κ3) is 4.42. The summed E-state index contributed by atoms with van der Waals surface area (Å²) in [6.07, 6.45) is 3.16. The molecule has 0 saturated heterocycles. The first kappa shape index (κ1) is 22.8. The van der Waals surface area contributed by atoms with Gasteiger partial charge in [0.1, 0.15) is 5.75 Å². The Hall–Kier alpha value is -1.86. The predicted octanol–water partition coefficient (Wildman–Crippen LogP) is 3.93. The Morgan fingerprint density at radius 3 is 2.13 bits per heavy atom. The number of esters is 2. The largest absolute Gasteiger partial charge is 0.544 e. The van der Waals surface area contributed by atoms with Crippen LogP contribution in [0.2, 0.25) is 19.6 Å². The molecule has 1 aromatic carbocycles. The number of benzene rings is 1. The quantitative estimate of drug-likeness (QED) is 0.416. The molecule has 6 nitrogen and oxygen atoms in total. The Labute approximate surface area is 180 Å². The van der Waals surface area contributed by atoms with Crippen molar-refractivity contribution < 1.29 is 23.5 Å². The molecular weight excluding hydrogens is 398 g/mol. The monoisotopic (exact) mass is 433 g/mol. The van der Waals surface area contributed by atoms with E-state index in [4.69, 9.17) is 13.9 Å². The third-order valence-corrected chi connectivity index (χ3v) is 7.01. The van der Waals surface area contributed by atoms with E-state index in [-0.39, 0.29) is 18.8 Å². The molecule has 1 aromatic rings. The molecule has 1 heterocycles. The fourth-order valence-corrected chi connectivity index (χ4v) is 5.61. The van der Waals surface area contributed by atoms with Crippen LogP contribution in [0.5, 0.6) is 5.75 Å². The van der Waals surface area contributed by atoms with E-state index < -0.39 is 25.7 Å². The second-order valence-electron chi connectivity index (χ2n) is 9.32. The van der Waals surface area contributed by atoms with Crippen LogP contribution in [0.3, 0.4) is 0 Å². The molecule has 0 unspecified atom stereocenters. The van der Waals surface area contributed by atoms with Crippen molar-refractivity contribution in [1.82, 2.24) is 5.32 Å². The van der Waals surface area contributed by atoms with Crippen molar-refractivity contribution in [1.29, 1.82) is 0 Å². The number of hydrogen-bond donors (Lipinski definition) is 1. The van der Waals surface area contributed by atoms with Crippen molar-refractivity contribution in [2.24, 2.45) is 5.41 Å². The van der Waals surface area contributed by atoms with E-state index in [1.807, 2.05) is 0 Å². The van der Waals surface area contributed by atoms with Gasteiger partial charge in [-0.1, -0.05) is 6.07 Å². The van der Waals surface area contributed by atoms with Crippen molar-refractivity contribution in [3.05, 3.63) is 29.3 Å². The number of carbonyl (C=O) groups is 2. The van der Waals surface area contributed by atoms with Gasteiger partial charge in [0.05, 0.1) is 13.2 Å². The molecule has 1 spiro atoms. The van der Waals surface area contributed by atoms with Crippen molar-refractivity contribution in [2.45, 2.75) is 71.1 Å². The third-order valence-electron chi connectivity index (χ3n) is 6.16. The molecule has 0 radical (unpaired) electrons. The SMILES string of the molecule is CCOC(=O)C1(C(=O)OCC)CCC2(CC1)NCCc1cc(O[Si](C)(C)C)ccc12. The van der Waals surface area contributed by atoms with Crippen molar-refractivity contribution in [3.63, 3.8) is 0 Å². The molecule has 30 heavy (non-hydrogen) atoms. The van der Waals surface area contributed by atoms with E-state index in [2.05, 4.69) is 43.2 Å². The molecule has 1 fully saturated rings. The number of hydrogen-bond acceptors (Lipinski definition) is 6. The first-order valence-electron chi connectivity index (χ1n) is 11.1. The van der Waals surface area contributed by atoms with Crippen molar-refractivity contribution in [3.8, 4) is 5.75 Å². The lowest BCUT2D eigenvalue weighted by Crippen LogP contribution is -2.55. The Balaban J connectivity index is 1.87. The normalized spacial score (nSPS) is 19.6. The molecule has 1 N–H and O–H groups in total. The van der Waals surface area contributed by atoms with E-state index in [1.54, 1.807) is 13.8 Å². The lowest BCUT2D eigenvalue weighted by molar-refractivity contribution is -0.176. The lowest BCUT2D eigenvalue weighted by atomic mass is 9.63. The van der Waals surface area contributed by atoms with E-state index in [0.29, 0.717) is 25.7 Å². The van der Waals surface area contributed by atoms with Gasteiger partial charge in [0.2, 0.25) is 8.32 Å². The zero-order valence-corrected chi connectivity index (χ0v) is 19.9. The Morgan fingerprint density at radius 1 is 1.00 bits per heavy atom. The highest BCUT2D eigenvalue weighted by atomic mass is 28.4. The maximum atomic E-state index is 12.8. The molecule has 1 aliphatic heterocycles. The van der Waals surface area contributed by atoms with Gasteiger partial charge in [-0.3, -0.25) is 9.59 Å². The summed E-state index contributed by atoms with van der Waals surface area (Å²) in [6.45, 7) is 11.5. The van der Waals surface area contributed by atoms with Crippen LogP contribution in [0.4, 0.5) is 0 Å². The van der Waals surface area contributed by atoms with Crippen molar-refractivity contribution >= 4 is 20.3 Å². The topological polar surface area (TPSA) is 73.9 Å². The molecule has 2 aliphatic rings. The van der Waals surface area contributed by atoms with Crippen molar-refractivity contribution in [2.75, 3.05) is 19.8 Å². The molecule has 0 atom stereocenters. The molecule has 1 saturated carbocycles. The predicted molar refractivity (Wildman–Crippen MR) is 118 cm³/mol.